The van der Waals surface area contributed by atoms with Crippen molar-refractivity contribution in [2.75, 3.05) is 11.9 Å². The molecule has 0 saturated heterocycles. The number of anilines is 1. The second-order valence-electron chi connectivity index (χ2n) is 3.45. The molecule has 2 nitrogen and oxygen atoms in total. The molecular weight excluding hydrogens is 297 g/mol. The van der Waals surface area contributed by atoms with Gasteiger partial charge in [-0.05, 0) is 40.5 Å². The maximum absolute atomic E-state index is 11.9. The van der Waals surface area contributed by atoms with E-state index in [0.29, 0.717) is 15.7 Å². The highest BCUT2D eigenvalue weighted by Crippen LogP contribution is 2.23. The highest BCUT2D eigenvalue weighted by Gasteiger charge is 2.25. The SMILES string of the molecule is N#Cc1ccc(NCCCC(F)(F)F)cc1Br. The normalized spacial score (nSPS) is 11.0. The zero-order valence-electron chi connectivity index (χ0n) is 8.81. The lowest BCUT2D eigenvalue weighted by molar-refractivity contribution is -0.134. The van der Waals surface area contributed by atoms with Gasteiger partial charge in [-0.3, -0.25) is 0 Å². The number of alkyl halides is 3. The molecule has 0 heterocycles. The van der Waals surface area contributed by atoms with E-state index in [0.717, 1.165) is 0 Å². The van der Waals surface area contributed by atoms with E-state index in [4.69, 9.17) is 5.26 Å². The van der Waals surface area contributed by atoms with Crippen molar-refractivity contribution in [1.82, 2.24) is 0 Å². The molecule has 0 saturated carbocycles. The Kier molecular flexibility index (Phi) is 4.82. The van der Waals surface area contributed by atoms with Crippen LogP contribution in [-0.2, 0) is 0 Å². The summed E-state index contributed by atoms with van der Waals surface area (Å²) in [5, 5.41) is 11.6. The van der Waals surface area contributed by atoms with Gasteiger partial charge in [0, 0.05) is 23.1 Å². The molecular formula is C11H10BrF3N2. The Hall–Kier alpha value is -1.22. The number of rotatable bonds is 4. The van der Waals surface area contributed by atoms with Crippen LogP contribution in [0.5, 0.6) is 0 Å². The van der Waals surface area contributed by atoms with Gasteiger partial charge in [0.15, 0.2) is 0 Å². The molecule has 17 heavy (non-hydrogen) atoms. The molecule has 0 aromatic heterocycles. The number of benzene rings is 1. The van der Waals surface area contributed by atoms with Crippen LogP contribution in [0.3, 0.4) is 0 Å². The molecule has 1 aromatic rings. The first kappa shape index (κ1) is 13.8. The Morgan fingerprint density at radius 3 is 2.59 bits per heavy atom. The van der Waals surface area contributed by atoms with E-state index in [2.05, 4.69) is 21.2 Å². The second-order valence-corrected chi connectivity index (χ2v) is 4.31. The average Bonchev–Trinajstić information content (AvgIpc) is 2.23. The van der Waals surface area contributed by atoms with Crippen molar-refractivity contribution in [2.45, 2.75) is 19.0 Å². The lowest BCUT2D eigenvalue weighted by atomic mass is 10.2. The molecule has 1 aromatic carbocycles. The molecule has 0 aliphatic carbocycles. The minimum atomic E-state index is -4.10. The highest BCUT2D eigenvalue weighted by molar-refractivity contribution is 9.10. The maximum Gasteiger partial charge on any atom is 0.389 e. The number of nitrogens with zero attached hydrogens (tertiary/aromatic N) is 1. The van der Waals surface area contributed by atoms with E-state index in [1.165, 1.54) is 0 Å². The summed E-state index contributed by atoms with van der Waals surface area (Å²) in [5.41, 5.74) is 1.18. The quantitative estimate of drug-likeness (QED) is 0.851. The fourth-order valence-electron chi connectivity index (χ4n) is 1.24. The van der Waals surface area contributed by atoms with Gasteiger partial charge in [-0.1, -0.05) is 0 Å². The first-order chi connectivity index (χ1) is 7.92. The van der Waals surface area contributed by atoms with Gasteiger partial charge in [-0.15, -0.1) is 0 Å². The lowest BCUT2D eigenvalue weighted by Crippen LogP contribution is -2.10. The summed E-state index contributed by atoms with van der Waals surface area (Å²) in [5.74, 6) is 0. The zero-order valence-corrected chi connectivity index (χ0v) is 10.4. The molecule has 0 aliphatic rings. The summed E-state index contributed by atoms with van der Waals surface area (Å²) in [7, 11) is 0. The van der Waals surface area contributed by atoms with Crippen LogP contribution >= 0.6 is 15.9 Å². The molecule has 0 amide bonds. The van der Waals surface area contributed by atoms with E-state index in [1.807, 2.05) is 6.07 Å². The molecule has 0 unspecified atom stereocenters. The van der Waals surface area contributed by atoms with Gasteiger partial charge in [0.2, 0.25) is 0 Å². The third kappa shape index (κ3) is 5.09. The largest absolute Gasteiger partial charge is 0.389 e. The van der Waals surface area contributed by atoms with Crippen LogP contribution in [0, 0.1) is 11.3 Å². The highest BCUT2D eigenvalue weighted by atomic mass is 79.9. The zero-order chi connectivity index (χ0) is 12.9. The molecule has 0 radical (unpaired) electrons. The van der Waals surface area contributed by atoms with Gasteiger partial charge in [-0.2, -0.15) is 18.4 Å². The lowest BCUT2D eigenvalue weighted by Gasteiger charge is -2.09. The third-order valence-corrected chi connectivity index (χ3v) is 2.71. The minimum absolute atomic E-state index is 0.0289. The van der Waals surface area contributed by atoms with Gasteiger partial charge < -0.3 is 5.32 Å². The molecule has 0 aliphatic heterocycles. The van der Waals surface area contributed by atoms with Gasteiger partial charge in [0.05, 0.1) is 5.56 Å². The smallest absolute Gasteiger partial charge is 0.385 e. The number of hydrogen-bond donors (Lipinski definition) is 1. The summed E-state index contributed by atoms with van der Waals surface area (Å²) in [6, 6.07) is 6.93. The molecule has 6 heteroatoms. The maximum atomic E-state index is 11.9. The first-order valence-electron chi connectivity index (χ1n) is 4.92. The summed E-state index contributed by atoms with van der Waals surface area (Å²) in [6.45, 7) is 0.248. The summed E-state index contributed by atoms with van der Waals surface area (Å²) >= 11 is 3.21. The number of halogens is 4. The van der Waals surface area contributed by atoms with E-state index in [1.54, 1.807) is 18.2 Å². The van der Waals surface area contributed by atoms with Crippen LogP contribution in [0.15, 0.2) is 22.7 Å². The van der Waals surface area contributed by atoms with Crippen LogP contribution in [0.25, 0.3) is 0 Å². The molecule has 92 valence electrons. The number of hydrogen-bond acceptors (Lipinski definition) is 2. The molecule has 0 fully saturated rings. The van der Waals surface area contributed by atoms with Crippen molar-refractivity contribution in [2.24, 2.45) is 0 Å². The van der Waals surface area contributed by atoms with E-state index in [-0.39, 0.29) is 13.0 Å². The molecule has 0 atom stereocenters. The standard InChI is InChI=1S/C11H10BrF3N2/c12-10-6-9(3-2-8(10)7-16)17-5-1-4-11(13,14)15/h2-3,6,17H,1,4-5H2. The van der Waals surface area contributed by atoms with E-state index in [9.17, 15) is 13.2 Å². The molecule has 0 bridgehead atoms. The van der Waals surface area contributed by atoms with Crippen molar-refractivity contribution in [3.63, 3.8) is 0 Å². The Labute approximate surface area is 106 Å². The Balaban J connectivity index is 2.43. The molecule has 0 spiro atoms. The van der Waals surface area contributed by atoms with Gasteiger partial charge in [0.25, 0.3) is 0 Å². The summed E-state index contributed by atoms with van der Waals surface area (Å²) in [6.07, 6.45) is -4.87. The van der Waals surface area contributed by atoms with Crippen molar-refractivity contribution in [1.29, 1.82) is 5.26 Å². The first-order valence-corrected chi connectivity index (χ1v) is 5.72. The van der Waals surface area contributed by atoms with Gasteiger partial charge >= 0.3 is 6.18 Å². The predicted octanol–water partition coefficient (Wildman–Crippen LogP) is 4.08. The number of nitrogens with one attached hydrogen (secondary N) is 1. The third-order valence-electron chi connectivity index (χ3n) is 2.06. The molecule has 1 N–H and O–H groups in total. The van der Waals surface area contributed by atoms with Crippen molar-refractivity contribution < 1.29 is 13.2 Å². The Morgan fingerprint density at radius 1 is 1.35 bits per heavy atom. The second kappa shape index (κ2) is 5.92. The fourth-order valence-corrected chi connectivity index (χ4v) is 1.70. The van der Waals surface area contributed by atoms with E-state index >= 15 is 0 Å². The number of nitriles is 1. The van der Waals surface area contributed by atoms with Crippen LogP contribution in [0.4, 0.5) is 18.9 Å². The van der Waals surface area contributed by atoms with E-state index < -0.39 is 12.6 Å². The molecule has 1 rings (SSSR count). The van der Waals surface area contributed by atoms with Gasteiger partial charge in [0.1, 0.15) is 6.07 Å². The predicted molar refractivity (Wildman–Crippen MR) is 62.6 cm³/mol. The fraction of sp³-hybridized carbons (Fsp3) is 0.364. The van der Waals surface area contributed by atoms with Crippen molar-refractivity contribution >= 4 is 21.6 Å². The average molecular weight is 307 g/mol. The van der Waals surface area contributed by atoms with Crippen LogP contribution < -0.4 is 5.32 Å². The topological polar surface area (TPSA) is 35.8 Å². The Morgan fingerprint density at radius 2 is 2.06 bits per heavy atom. The summed E-state index contributed by atoms with van der Waals surface area (Å²) in [4.78, 5) is 0. The van der Waals surface area contributed by atoms with Gasteiger partial charge in [-0.25, -0.2) is 0 Å². The Bertz CT molecular complexity index is 424. The van der Waals surface area contributed by atoms with Crippen LogP contribution in [0.1, 0.15) is 18.4 Å². The van der Waals surface area contributed by atoms with Crippen molar-refractivity contribution in [3.8, 4) is 6.07 Å². The van der Waals surface area contributed by atoms with Crippen molar-refractivity contribution in [3.05, 3.63) is 28.2 Å². The summed E-state index contributed by atoms with van der Waals surface area (Å²) < 4.78 is 36.2. The minimum Gasteiger partial charge on any atom is -0.385 e. The van der Waals surface area contributed by atoms with Crippen LogP contribution in [0.2, 0.25) is 0 Å². The monoisotopic (exact) mass is 306 g/mol. The van der Waals surface area contributed by atoms with Crippen LogP contribution in [-0.4, -0.2) is 12.7 Å².